The van der Waals surface area contributed by atoms with Gasteiger partial charge in [-0.15, -0.1) is 0 Å². The molecule has 1 aliphatic heterocycles. The van der Waals surface area contributed by atoms with Crippen LogP contribution in [0.3, 0.4) is 0 Å². The molecule has 1 aliphatic rings. The molecular formula is C24H34N4O3S. The second-order valence-electron chi connectivity index (χ2n) is 9.15. The highest BCUT2D eigenvalue weighted by molar-refractivity contribution is 7.17. The van der Waals surface area contributed by atoms with Crippen molar-refractivity contribution in [2.24, 2.45) is 0 Å². The van der Waals surface area contributed by atoms with Crippen molar-refractivity contribution in [1.29, 1.82) is 0 Å². The number of hydrogen-bond acceptors (Lipinski definition) is 7. The van der Waals surface area contributed by atoms with Crippen molar-refractivity contribution in [2.45, 2.75) is 65.6 Å². The van der Waals surface area contributed by atoms with E-state index in [1.54, 1.807) is 0 Å². The maximum atomic E-state index is 12.8. The highest BCUT2D eigenvalue weighted by Crippen LogP contribution is 2.28. The zero-order chi connectivity index (χ0) is 23.3. The Morgan fingerprint density at radius 1 is 1.25 bits per heavy atom. The van der Waals surface area contributed by atoms with Crippen molar-refractivity contribution >= 4 is 28.3 Å². The Bertz CT molecular complexity index is 934. The highest BCUT2D eigenvalue weighted by atomic mass is 32.1. The lowest BCUT2D eigenvalue weighted by molar-refractivity contribution is -0.123. The normalized spacial score (nSPS) is 16.7. The number of amides is 1. The van der Waals surface area contributed by atoms with Crippen LogP contribution in [0, 0.1) is 6.92 Å². The lowest BCUT2D eigenvalue weighted by atomic mass is 10.1. The van der Waals surface area contributed by atoms with E-state index in [2.05, 4.69) is 51.7 Å². The van der Waals surface area contributed by atoms with Crippen LogP contribution in [0.5, 0.6) is 0 Å². The van der Waals surface area contributed by atoms with Gasteiger partial charge in [-0.3, -0.25) is 4.79 Å². The Kier molecular flexibility index (Phi) is 7.90. The number of aromatic nitrogens is 1. The Balaban J connectivity index is 1.58. The largest absolute Gasteiger partial charge is 0.456 e. The minimum Gasteiger partial charge on any atom is -0.456 e. The molecule has 0 saturated carbocycles. The minimum atomic E-state index is -0.553. The lowest BCUT2D eigenvalue weighted by Gasteiger charge is -2.32. The van der Waals surface area contributed by atoms with E-state index >= 15 is 0 Å². The first-order valence-electron chi connectivity index (χ1n) is 11.2. The molecule has 0 aliphatic carbocycles. The fraction of sp³-hybridized carbons (Fsp3) is 0.542. The summed E-state index contributed by atoms with van der Waals surface area (Å²) in [5.41, 5.74) is 2.51. The molecule has 32 heavy (non-hydrogen) atoms. The highest BCUT2D eigenvalue weighted by Gasteiger charge is 2.29. The van der Waals surface area contributed by atoms with Gasteiger partial charge in [0.15, 0.2) is 5.13 Å². The van der Waals surface area contributed by atoms with Crippen LogP contribution in [-0.4, -0.2) is 48.1 Å². The lowest BCUT2D eigenvalue weighted by Crippen LogP contribution is -2.57. The van der Waals surface area contributed by atoms with Crippen molar-refractivity contribution in [3.8, 4) is 0 Å². The number of nitrogens with zero attached hydrogens (tertiary/aromatic N) is 2. The van der Waals surface area contributed by atoms with Crippen molar-refractivity contribution < 1.29 is 14.3 Å². The molecule has 2 N–H and O–H groups in total. The number of carbonyl (C=O) groups excluding carboxylic acids is 2. The number of aryl methyl sites for hydroxylation is 2. The average molecular weight is 459 g/mol. The van der Waals surface area contributed by atoms with Gasteiger partial charge in [-0.25, -0.2) is 9.78 Å². The van der Waals surface area contributed by atoms with Gasteiger partial charge in [0.2, 0.25) is 5.91 Å². The fourth-order valence-corrected chi connectivity index (χ4v) is 4.53. The monoisotopic (exact) mass is 458 g/mol. The molecule has 1 amide bonds. The summed E-state index contributed by atoms with van der Waals surface area (Å²) in [5, 5.41) is 7.07. The van der Waals surface area contributed by atoms with Crippen LogP contribution in [0.4, 0.5) is 5.13 Å². The zero-order valence-electron chi connectivity index (χ0n) is 19.7. The molecule has 1 unspecified atom stereocenters. The van der Waals surface area contributed by atoms with Gasteiger partial charge < -0.3 is 20.3 Å². The van der Waals surface area contributed by atoms with Crippen LogP contribution < -0.4 is 15.5 Å². The maximum absolute atomic E-state index is 12.8. The molecule has 0 bridgehead atoms. The molecule has 1 aromatic carbocycles. The van der Waals surface area contributed by atoms with Crippen LogP contribution >= 0.6 is 11.3 Å². The first-order chi connectivity index (χ1) is 15.2. The van der Waals surface area contributed by atoms with E-state index in [1.165, 1.54) is 16.9 Å². The summed E-state index contributed by atoms with van der Waals surface area (Å²) in [6.45, 7) is 11.9. The quantitative estimate of drug-likeness (QED) is 0.619. The molecule has 0 radical (unpaired) electrons. The summed E-state index contributed by atoms with van der Waals surface area (Å²) in [7, 11) is 0. The van der Waals surface area contributed by atoms with Crippen molar-refractivity contribution in [1.82, 2.24) is 15.6 Å². The molecule has 3 rings (SSSR count). The number of piperazine rings is 1. The number of rotatable bonds is 7. The molecule has 2 heterocycles. The maximum Gasteiger partial charge on any atom is 0.350 e. The van der Waals surface area contributed by atoms with Gasteiger partial charge in [0, 0.05) is 26.2 Å². The van der Waals surface area contributed by atoms with Crippen LogP contribution in [0.25, 0.3) is 0 Å². The summed E-state index contributed by atoms with van der Waals surface area (Å²) < 4.78 is 5.50. The molecule has 1 fully saturated rings. The van der Waals surface area contributed by atoms with Crippen LogP contribution in [0.15, 0.2) is 24.3 Å². The van der Waals surface area contributed by atoms with Gasteiger partial charge in [0.05, 0.1) is 5.69 Å². The number of benzene rings is 1. The minimum absolute atomic E-state index is 0.0343. The second kappa shape index (κ2) is 10.4. The summed E-state index contributed by atoms with van der Waals surface area (Å²) in [4.78, 5) is 32.4. The molecule has 1 aromatic heterocycles. The van der Waals surface area contributed by atoms with Gasteiger partial charge in [0.1, 0.15) is 16.5 Å². The number of ether oxygens (including phenoxy) is 1. The number of thiazole rings is 1. The first kappa shape index (κ1) is 24.2. The Morgan fingerprint density at radius 3 is 2.59 bits per heavy atom. The zero-order valence-corrected chi connectivity index (χ0v) is 20.5. The van der Waals surface area contributed by atoms with E-state index in [0.717, 1.165) is 30.1 Å². The summed E-state index contributed by atoms with van der Waals surface area (Å²) >= 11 is 1.32. The number of nitrogens with one attached hydrogen (secondary N) is 2. The SMILES string of the molecule is CCCc1ccc(CNC(=O)C2CN(c3nc(C)c(C(=O)OC(C)(C)C)s3)CCN2)cc1. The average Bonchev–Trinajstić information content (AvgIpc) is 3.14. The molecule has 8 heteroatoms. The van der Waals surface area contributed by atoms with Gasteiger partial charge in [0.25, 0.3) is 0 Å². The van der Waals surface area contributed by atoms with Gasteiger partial charge >= 0.3 is 5.97 Å². The molecular weight excluding hydrogens is 424 g/mol. The van der Waals surface area contributed by atoms with Gasteiger partial charge in [-0.05, 0) is 45.2 Å². The first-order valence-corrected chi connectivity index (χ1v) is 12.0. The van der Waals surface area contributed by atoms with E-state index in [1.807, 2.05) is 27.7 Å². The van der Waals surface area contributed by atoms with E-state index in [-0.39, 0.29) is 17.9 Å². The van der Waals surface area contributed by atoms with Gasteiger partial charge in [-0.1, -0.05) is 48.9 Å². The number of hydrogen-bond donors (Lipinski definition) is 2. The molecule has 2 aromatic rings. The van der Waals surface area contributed by atoms with E-state index in [9.17, 15) is 9.59 Å². The molecule has 174 valence electrons. The van der Waals surface area contributed by atoms with Crippen LogP contribution in [0.2, 0.25) is 0 Å². The standard InChI is InChI=1S/C24H34N4O3S/c1-6-7-17-8-10-18(11-9-17)14-26-21(29)19-15-28(13-12-25-19)23-27-16(2)20(32-23)22(30)31-24(3,4)5/h8-11,19,25H,6-7,12-15H2,1-5H3,(H,26,29). The third-order valence-corrected chi connectivity index (χ3v) is 6.36. The Morgan fingerprint density at radius 2 is 1.94 bits per heavy atom. The Labute approximate surface area is 194 Å². The summed E-state index contributed by atoms with van der Waals surface area (Å²) in [6.07, 6.45) is 2.19. The number of anilines is 1. The predicted octanol–water partition coefficient (Wildman–Crippen LogP) is 3.45. The van der Waals surface area contributed by atoms with Crippen LogP contribution in [0.1, 0.15) is 60.6 Å². The van der Waals surface area contributed by atoms with Crippen molar-refractivity contribution in [2.75, 3.05) is 24.5 Å². The van der Waals surface area contributed by atoms with Gasteiger partial charge in [-0.2, -0.15) is 0 Å². The fourth-order valence-electron chi connectivity index (χ4n) is 3.56. The topological polar surface area (TPSA) is 83.6 Å². The van der Waals surface area contributed by atoms with E-state index in [4.69, 9.17) is 4.74 Å². The predicted molar refractivity (Wildman–Crippen MR) is 128 cm³/mol. The van der Waals surface area contributed by atoms with E-state index < -0.39 is 5.60 Å². The summed E-state index contributed by atoms with van der Waals surface area (Å²) in [6, 6.07) is 8.06. The summed E-state index contributed by atoms with van der Waals surface area (Å²) in [5.74, 6) is -0.388. The van der Waals surface area contributed by atoms with Crippen molar-refractivity contribution in [3.63, 3.8) is 0 Å². The van der Waals surface area contributed by atoms with Crippen LogP contribution in [-0.2, 0) is 22.5 Å². The van der Waals surface area contributed by atoms with Crippen molar-refractivity contribution in [3.05, 3.63) is 46.0 Å². The molecule has 7 nitrogen and oxygen atoms in total. The van der Waals surface area contributed by atoms with E-state index in [0.29, 0.717) is 30.2 Å². The molecule has 0 spiro atoms. The molecule has 1 atom stereocenters. The third kappa shape index (κ3) is 6.53. The molecule has 1 saturated heterocycles. The smallest absolute Gasteiger partial charge is 0.350 e. The number of carbonyl (C=O) groups is 2. The third-order valence-electron chi connectivity index (χ3n) is 5.16. The Hall–Kier alpha value is -2.45. The second-order valence-corrected chi connectivity index (χ2v) is 10.1. The number of esters is 1.